The lowest BCUT2D eigenvalue weighted by Crippen LogP contribution is -2.79. The van der Waals surface area contributed by atoms with Crippen molar-refractivity contribution in [2.24, 2.45) is 16.7 Å². The highest BCUT2D eigenvalue weighted by Crippen LogP contribution is 2.69. The molecular weight excluding hydrogens is 492 g/mol. The van der Waals surface area contributed by atoms with Crippen molar-refractivity contribution in [1.29, 1.82) is 0 Å². The summed E-state index contributed by atoms with van der Waals surface area (Å²) >= 11 is 0. The van der Waals surface area contributed by atoms with E-state index in [2.05, 4.69) is 0 Å². The Bertz CT molecular complexity index is 1130. The van der Waals surface area contributed by atoms with Gasteiger partial charge in [0.2, 0.25) is 0 Å². The van der Waals surface area contributed by atoms with Gasteiger partial charge in [-0.25, -0.2) is 4.79 Å². The highest BCUT2D eigenvalue weighted by atomic mass is 16.6. The van der Waals surface area contributed by atoms with E-state index in [1.54, 1.807) is 37.3 Å². The van der Waals surface area contributed by atoms with Crippen molar-refractivity contribution in [1.82, 2.24) is 0 Å². The molecule has 2 saturated carbocycles. The standard InChI is InChI=1S/C29H38O9/c1-17(30)36-22-14-29(15-23(32)35-16-29)38-25(2)13-21(37-24(33)18-9-7-6-8-10-18)27(4)19(26(22,25)3)11-12-20(31)28(27,5)34/h6-10,19-22,31,34H,11-16H2,1-5H3/t19-,20-,21+,22+,25+,26+,27+,28+,29+/m1/s1. The number of esters is 3. The number of aliphatic hydroxyl groups excluding tert-OH is 1. The Morgan fingerprint density at radius 1 is 0.974 bits per heavy atom. The van der Waals surface area contributed by atoms with Crippen LogP contribution in [0.15, 0.2) is 30.3 Å². The summed E-state index contributed by atoms with van der Waals surface area (Å²) in [4.78, 5) is 37.9. The summed E-state index contributed by atoms with van der Waals surface area (Å²) in [7, 11) is 0. The zero-order valence-corrected chi connectivity index (χ0v) is 22.7. The maximum absolute atomic E-state index is 13.3. The van der Waals surface area contributed by atoms with Crippen LogP contribution in [0.25, 0.3) is 0 Å². The third-order valence-corrected chi connectivity index (χ3v) is 10.5. The van der Waals surface area contributed by atoms with E-state index in [1.165, 1.54) is 6.92 Å². The summed E-state index contributed by atoms with van der Waals surface area (Å²) in [5.74, 6) is -1.75. The first-order valence-electron chi connectivity index (χ1n) is 13.4. The van der Waals surface area contributed by atoms with Gasteiger partial charge in [-0.15, -0.1) is 0 Å². The Morgan fingerprint density at radius 2 is 1.63 bits per heavy atom. The molecule has 9 atom stereocenters. The molecule has 2 aliphatic heterocycles. The summed E-state index contributed by atoms with van der Waals surface area (Å²) < 4.78 is 24.3. The topological polar surface area (TPSA) is 129 Å². The normalized spacial score (nSPS) is 46.0. The SMILES string of the molecule is CC(=O)O[C@H]1C[C@]2(COC(=O)C2)O[C@@]2(C)C[C@H](OC(=O)c3ccccc3)[C@]3(C)[C@H](CC[C@@H](O)[C@]3(C)O)[C@@]12C. The summed E-state index contributed by atoms with van der Waals surface area (Å²) in [5.41, 5.74) is -5.21. The van der Waals surface area contributed by atoms with E-state index in [0.717, 1.165) is 0 Å². The van der Waals surface area contributed by atoms with Gasteiger partial charge in [-0.05, 0) is 44.7 Å². The van der Waals surface area contributed by atoms with Gasteiger partial charge in [0.1, 0.15) is 24.4 Å². The van der Waals surface area contributed by atoms with E-state index in [4.69, 9.17) is 18.9 Å². The summed E-state index contributed by atoms with van der Waals surface area (Å²) in [5, 5.41) is 22.9. The van der Waals surface area contributed by atoms with E-state index < -0.39 is 57.9 Å². The lowest BCUT2D eigenvalue weighted by molar-refractivity contribution is -0.363. The Kier molecular flexibility index (Phi) is 6.25. The highest BCUT2D eigenvalue weighted by Gasteiger charge is 2.77. The predicted molar refractivity (Wildman–Crippen MR) is 134 cm³/mol. The smallest absolute Gasteiger partial charge is 0.338 e. The summed E-state index contributed by atoms with van der Waals surface area (Å²) in [6.07, 6.45) is -1.30. The molecule has 2 heterocycles. The average Bonchev–Trinajstić information content (AvgIpc) is 3.19. The second kappa shape index (κ2) is 8.76. The van der Waals surface area contributed by atoms with Crippen molar-refractivity contribution in [3.8, 4) is 0 Å². The van der Waals surface area contributed by atoms with Crippen LogP contribution in [0.2, 0.25) is 0 Å². The van der Waals surface area contributed by atoms with Gasteiger partial charge in [0.15, 0.2) is 0 Å². The number of ether oxygens (including phenoxy) is 4. The first-order chi connectivity index (χ1) is 17.7. The highest BCUT2D eigenvalue weighted by molar-refractivity contribution is 5.89. The van der Waals surface area contributed by atoms with Crippen molar-refractivity contribution in [3.05, 3.63) is 35.9 Å². The Labute approximate surface area is 222 Å². The van der Waals surface area contributed by atoms with Gasteiger partial charge in [0.25, 0.3) is 0 Å². The van der Waals surface area contributed by atoms with Gasteiger partial charge in [-0.2, -0.15) is 0 Å². The van der Waals surface area contributed by atoms with Crippen LogP contribution in [0.4, 0.5) is 0 Å². The van der Waals surface area contributed by atoms with Crippen LogP contribution in [-0.4, -0.2) is 69.8 Å². The number of hydrogen-bond acceptors (Lipinski definition) is 9. The largest absolute Gasteiger partial charge is 0.462 e. The quantitative estimate of drug-likeness (QED) is 0.448. The minimum atomic E-state index is -1.62. The molecule has 0 radical (unpaired) electrons. The Hall–Kier alpha value is -2.49. The van der Waals surface area contributed by atoms with Crippen LogP contribution in [0.3, 0.4) is 0 Å². The molecule has 2 aliphatic carbocycles. The second-order valence-electron chi connectivity index (χ2n) is 12.5. The maximum Gasteiger partial charge on any atom is 0.338 e. The van der Waals surface area contributed by atoms with Gasteiger partial charge in [-0.3, -0.25) is 9.59 Å². The van der Waals surface area contributed by atoms with Crippen molar-refractivity contribution >= 4 is 17.9 Å². The predicted octanol–water partition coefficient (Wildman–Crippen LogP) is 2.95. The fraction of sp³-hybridized carbons (Fsp3) is 0.690. The molecule has 0 bridgehead atoms. The molecular formula is C29H38O9. The molecule has 2 saturated heterocycles. The van der Waals surface area contributed by atoms with Crippen LogP contribution >= 0.6 is 0 Å². The van der Waals surface area contributed by atoms with Crippen LogP contribution in [0.1, 0.15) is 77.1 Å². The first-order valence-corrected chi connectivity index (χ1v) is 13.4. The minimum absolute atomic E-state index is 0.0310. The third-order valence-electron chi connectivity index (χ3n) is 10.5. The van der Waals surface area contributed by atoms with Crippen LogP contribution < -0.4 is 0 Å². The van der Waals surface area contributed by atoms with E-state index in [-0.39, 0.29) is 37.8 Å². The molecule has 208 valence electrons. The number of hydrogen-bond donors (Lipinski definition) is 2. The van der Waals surface area contributed by atoms with Gasteiger partial charge in [0, 0.05) is 30.6 Å². The number of rotatable bonds is 3. The molecule has 4 fully saturated rings. The van der Waals surface area contributed by atoms with Crippen molar-refractivity contribution in [2.45, 2.75) is 102 Å². The third kappa shape index (κ3) is 3.72. The molecule has 1 spiro atoms. The van der Waals surface area contributed by atoms with Gasteiger partial charge >= 0.3 is 17.9 Å². The molecule has 9 nitrogen and oxygen atoms in total. The molecule has 0 aromatic heterocycles. The summed E-state index contributed by atoms with van der Waals surface area (Å²) in [6.45, 7) is 8.75. The van der Waals surface area contributed by atoms with E-state index >= 15 is 0 Å². The number of cyclic esters (lactones) is 1. The zero-order chi connectivity index (χ0) is 27.7. The molecule has 2 N–H and O–H groups in total. The Morgan fingerprint density at radius 3 is 2.24 bits per heavy atom. The van der Waals surface area contributed by atoms with E-state index in [0.29, 0.717) is 18.4 Å². The number of carbonyl (C=O) groups excluding carboxylic acids is 3. The summed E-state index contributed by atoms with van der Waals surface area (Å²) in [6, 6.07) is 8.62. The van der Waals surface area contributed by atoms with Crippen LogP contribution in [0, 0.1) is 16.7 Å². The molecule has 1 aromatic carbocycles. The fourth-order valence-corrected chi connectivity index (χ4v) is 8.10. The van der Waals surface area contributed by atoms with Gasteiger partial charge < -0.3 is 29.2 Å². The fourth-order valence-electron chi connectivity index (χ4n) is 8.10. The van der Waals surface area contributed by atoms with Crippen LogP contribution in [0.5, 0.6) is 0 Å². The Balaban J connectivity index is 1.64. The molecule has 4 aliphatic rings. The molecule has 38 heavy (non-hydrogen) atoms. The molecule has 1 aromatic rings. The molecule has 0 amide bonds. The van der Waals surface area contributed by atoms with Gasteiger partial charge in [0.05, 0.1) is 29.3 Å². The molecule has 0 unspecified atom stereocenters. The average molecular weight is 531 g/mol. The zero-order valence-electron chi connectivity index (χ0n) is 22.7. The monoisotopic (exact) mass is 530 g/mol. The van der Waals surface area contributed by atoms with Crippen molar-refractivity contribution in [2.75, 3.05) is 6.61 Å². The number of aliphatic hydroxyl groups is 2. The maximum atomic E-state index is 13.3. The molecule has 9 heteroatoms. The lowest BCUT2D eigenvalue weighted by atomic mass is 9.39. The van der Waals surface area contributed by atoms with E-state index in [1.807, 2.05) is 20.8 Å². The lowest BCUT2D eigenvalue weighted by Gasteiger charge is -2.71. The number of benzene rings is 1. The molecule has 5 rings (SSSR count). The minimum Gasteiger partial charge on any atom is -0.462 e. The first kappa shape index (κ1) is 27.1. The number of fused-ring (bicyclic) bond motifs is 3. The van der Waals surface area contributed by atoms with Crippen LogP contribution in [-0.2, 0) is 28.5 Å². The second-order valence-corrected chi connectivity index (χ2v) is 12.5. The van der Waals surface area contributed by atoms with E-state index in [9.17, 15) is 24.6 Å². The number of carbonyl (C=O) groups is 3. The van der Waals surface area contributed by atoms with Gasteiger partial charge in [-0.1, -0.05) is 32.0 Å². The van der Waals surface area contributed by atoms with Crippen molar-refractivity contribution in [3.63, 3.8) is 0 Å². The van der Waals surface area contributed by atoms with Crippen molar-refractivity contribution < 1.29 is 43.5 Å².